The maximum Gasteiger partial charge on any atom is 0.00694 e. The molecule has 0 spiro atoms. The Labute approximate surface area is 89.7 Å². The maximum absolute atomic E-state index is 3.74. The molecular formula is C13H27N. The first kappa shape index (κ1) is 12.0. The average Bonchev–Trinajstić information content (AvgIpc) is 2.00. The van der Waals surface area contributed by atoms with Crippen LogP contribution in [0.2, 0.25) is 0 Å². The molecule has 0 amide bonds. The predicted molar refractivity (Wildman–Crippen MR) is 63.5 cm³/mol. The van der Waals surface area contributed by atoms with Crippen molar-refractivity contribution in [1.82, 2.24) is 5.32 Å². The van der Waals surface area contributed by atoms with E-state index in [9.17, 15) is 0 Å². The SMILES string of the molecule is CCCCCC(C)NC(C)C1CCC1. The van der Waals surface area contributed by atoms with Crippen molar-refractivity contribution in [3.63, 3.8) is 0 Å². The highest BCUT2D eigenvalue weighted by Gasteiger charge is 2.24. The number of rotatable bonds is 7. The molecule has 0 radical (unpaired) electrons. The molecule has 0 aromatic carbocycles. The fourth-order valence-corrected chi connectivity index (χ4v) is 2.31. The molecule has 1 nitrogen and oxygen atoms in total. The van der Waals surface area contributed by atoms with Gasteiger partial charge < -0.3 is 5.32 Å². The molecule has 1 N–H and O–H groups in total. The highest BCUT2D eigenvalue weighted by molar-refractivity contribution is 4.81. The molecule has 0 aliphatic heterocycles. The Hall–Kier alpha value is -0.0400. The van der Waals surface area contributed by atoms with Gasteiger partial charge in [0.2, 0.25) is 0 Å². The van der Waals surface area contributed by atoms with Crippen LogP contribution in [0.5, 0.6) is 0 Å². The fraction of sp³-hybridized carbons (Fsp3) is 1.00. The second-order valence-corrected chi connectivity index (χ2v) is 5.04. The second kappa shape index (κ2) is 6.44. The van der Waals surface area contributed by atoms with Gasteiger partial charge in [0, 0.05) is 12.1 Å². The molecule has 0 aromatic heterocycles. The van der Waals surface area contributed by atoms with Gasteiger partial charge in [-0.15, -0.1) is 0 Å². The molecule has 0 saturated heterocycles. The quantitative estimate of drug-likeness (QED) is 0.613. The van der Waals surface area contributed by atoms with E-state index in [4.69, 9.17) is 0 Å². The molecule has 1 rings (SSSR count). The van der Waals surface area contributed by atoms with Gasteiger partial charge >= 0.3 is 0 Å². The van der Waals surface area contributed by atoms with Gasteiger partial charge in [0.15, 0.2) is 0 Å². The molecule has 0 heterocycles. The van der Waals surface area contributed by atoms with Crippen molar-refractivity contribution in [3.05, 3.63) is 0 Å². The Bertz CT molecular complexity index is 140. The predicted octanol–water partition coefficient (Wildman–Crippen LogP) is 3.73. The summed E-state index contributed by atoms with van der Waals surface area (Å²) in [7, 11) is 0. The Morgan fingerprint density at radius 2 is 1.93 bits per heavy atom. The molecule has 14 heavy (non-hydrogen) atoms. The van der Waals surface area contributed by atoms with Gasteiger partial charge in [0.25, 0.3) is 0 Å². The summed E-state index contributed by atoms with van der Waals surface area (Å²) in [6, 6.07) is 1.47. The Balaban J connectivity index is 2.03. The van der Waals surface area contributed by atoms with E-state index >= 15 is 0 Å². The van der Waals surface area contributed by atoms with E-state index in [0.29, 0.717) is 0 Å². The number of nitrogens with one attached hydrogen (secondary N) is 1. The first-order chi connectivity index (χ1) is 6.74. The van der Waals surface area contributed by atoms with Gasteiger partial charge in [-0.05, 0) is 39.0 Å². The molecule has 2 unspecified atom stereocenters. The van der Waals surface area contributed by atoms with Gasteiger partial charge in [-0.3, -0.25) is 0 Å². The summed E-state index contributed by atoms with van der Waals surface area (Å²) in [5.74, 6) is 0.976. The topological polar surface area (TPSA) is 12.0 Å². The van der Waals surface area contributed by atoms with Crippen molar-refractivity contribution in [2.45, 2.75) is 77.8 Å². The standard InChI is InChI=1S/C13H27N/c1-4-5-6-8-11(2)14-12(3)13-9-7-10-13/h11-14H,4-10H2,1-3H3. The smallest absolute Gasteiger partial charge is 0.00694 e. The third-order valence-electron chi connectivity index (χ3n) is 3.65. The minimum atomic E-state index is 0.720. The zero-order valence-corrected chi connectivity index (χ0v) is 10.2. The zero-order chi connectivity index (χ0) is 10.4. The van der Waals surface area contributed by atoms with Crippen molar-refractivity contribution < 1.29 is 0 Å². The van der Waals surface area contributed by atoms with Crippen LogP contribution in [-0.2, 0) is 0 Å². The lowest BCUT2D eigenvalue weighted by Crippen LogP contribution is -2.41. The molecule has 84 valence electrons. The van der Waals surface area contributed by atoms with Crippen molar-refractivity contribution in [1.29, 1.82) is 0 Å². The summed E-state index contributed by atoms with van der Waals surface area (Å²) < 4.78 is 0. The van der Waals surface area contributed by atoms with Crippen LogP contribution in [0.15, 0.2) is 0 Å². The average molecular weight is 197 g/mol. The van der Waals surface area contributed by atoms with Crippen molar-refractivity contribution in [3.8, 4) is 0 Å². The van der Waals surface area contributed by atoms with Gasteiger partial charge in [0.05, 0.1) is 0 Å². The van der Waals surface area contributed by atoms with Gasteiger partial charge in [-0.25, -0.2) is 0 Å². The van der Waals surface area contributed by atoms with E-state index in [1.54, 1.807) is 0 Å². The Morgan fingerprint density at radius 1 is 1.21 bits per heavy atom. The third kappa shape index (κ3) is 4.00. The largest absolute Gasteiger partial charge is 0.312 e. The monoisotopic (exact) mass is 197 g/mol. The summed E-state index contributed by atoms with van der Waals surface area (Å²) >= 11 is 0. The number of unbranched alkanes of at least 4 members (excludes halogenated alkanes) is 2. The second-order valence-electron chi connectivity index (χ2n) is 5.04. The van der Waals surface area contributed by atoms with E-state index < -0.39 is 0 Å². The van der Waals surface area contributed by atoms with E-state index in [0.717, 1.165) is 18.0 Å². The van der Waals surface area contributed by atoms with Crippen molar-refractivity contribution in [2.24, 2.45) is 5.92 Å². The highest BCUT2D eigenvalue weighted by atomic mass is 14.9. The molecule has 1 saturated carbocycles. The summed E-state index contributed by atoms with van der Waals surface area (Å²) in [5.41, 5.74) is 0. The van der Waals surface area contributed by atoms with E-state index in [1.165, 1.54) is 44.9 Å². The van der Waals surface area contributed by atoms with Crippen LogP contribution in [0.3, 0.4) is 0 Å². The van der Waals surface area contributed by atoms with E-state index in [1.807, 2.05) is 0 Å². The van der Waals surface area contributed by atoms with Crippen LogP contribution < -0.4 is 5.32 Å². The zero-order valence-electron chi connectivity index (χ0n) is 10.2. The first-order valence-corrected chi connectivity index (χ1v) is 6.50. The van der Waals surface area contributed by atoms with Crippen molar-refractivity contribution in [2.75, 3.05) is 0 Å². The Morgan fingerprint density at radius 3 is 2.43 bits per heavy atom. The lowest BCUT2D eigenvalue weighted by molar-refractivity contribution is 0.226. The molecule has 0 aromatic rings. The fourth-order valence-electron chi connectivity index (χ4n) is 2.31. The lowest BCUT2D eigenvalue weighted by Gasteiger charge is -2.34. The minimum Gasteiger partial charge on any atom is -0.312 e. The van der Waals surface area contributed by atoms with Gasteiger partial charge in [-0.2, -0.15) is 0 Å². The molecule has 1 aliphatic rings. The molecular weight excluding hydrogens is 170 g/mol. The molecule has 1 heteroatoms. The summed E-state index contributed by atoms with van der Waals surface area (Å²) in [5, 5.41) is 3.74. The molecule has 2 atom stereocenters. The van der Waals surface area contributed by atoms with E-state index in [2.05, 4.69) is 26.1 Å². The number of hydrogen-bond donors (Lipinski definition) is 1. The van der Waals surface area contributed by atoms with E-state index in [-0.39, 0.29) is 0 Å². The maximum atomic E-state index is 3.74. The van der Waals surface area contributed by atoms with Gasteiger partial charge in [-0.1, -0.05) is 32.6 Å². The molecule has 0 bridgehead atoms. The van der Waals surface area contributed by atoms with Crippen LogP contribution in [-0.4, -0.2) is 12.1 Å². The first-order valence-electron chi connectivity index (χ1n) is 6.50. The third-order valence-corrected chi connectivity index (χ3v) is 3.65. The van der Waals surface area contributed by atoms with Crippen LogP contribution >= 0.6 is 0 Å². The Kier molecular flexibility index (Phi) is 5.54. The van der Waals surface area contributed by atoms with Crippen LogP contribution in [0.4, 0.5) is 0 Å². The summed E-state index contributed by atoms with van der Waals surface area (Å²) in [6.45, 7) is 6.97. The van der Waals surface area contributed by atoms with Crippen LogP contribution in [0.25, 0.3) is 0 Å². The minimum absolute atomic E-state index is 0.720. The number of hydrogen-bond acceptors (Lipinski definition) is 1. The summed E-state index contributed by atoms with van der Waals surface area (Å²) in [4.78, 5) is 0. The van der Waals surface area contributed by atoms with Crippen LogP contribution in [0.1, 0.15) is 65.7 Å². The normalized spacial score (nSPS) is 21.6. The highest BCUT2D eigenvalue weighted by Crippen LogP contribution is 2.29. The van der Waals surface area contributed by atoms with Gasteiger partial charge in [0.1, 0.15) is 0 Å². The molecule has 1 aliphatic carbocycles. The van der Waals surface area contributed by atoms with Crippen molar-refractivity contribution >= 4 is 0 Å². The van der Waals surface area contributed by atoms with Crippen LogP contribution in [0, 0.1) is 5.92 Å². The summed E-state index contributed by atoms with van der Waals surface area (Å²) in [6.07, 6.45) is 9.84. The molecule has 1 fully saturated rings. The lowest BCUT2D eigenvalue weighted by atomic mass is 9.80.